The van der Waals surface area contributed by atoms with E-state index in [0.29, 0.717) is 34.3 Å². The molecule has 28 heavy (non-hydrogen) atoms. The van der Waals surface area contributed by atoms with Crippen molar-refractivity contribution in [3.05, 3.63) is 52.4 Å². The van der Waals surface area contributed by atoms with Crippen LogP contribution >= 0.6 is 0 Å². The largest absolute Gasteiger partial charge is 0.486 e. The minimum absolute atomic E-state index is 0.240. The van der Waals surface area contributed by atoms with E-state index in [2.05, 4.69) is 27.4 Å². The summed E-state index contributed by atoms with van der Waals surface area (Å²) >= 11 is 0. The Morgan fingerprint density at radius 2 is 1.93 bits per heavy atom. The number of allylic oxidation sites excluding steroid dienone is 1. The summed E-state index contributed by atoms with van der Waals surface area (Å²) < 4.78 is 12.3. The molecule has 0 spiro atoms. The Morgan fingerprint density at radius 1 is 1.14 bits per heavy atom. The first-order valence-electron chi connectivity index (χ1n) is 10.7. The number of hydrogen-bond donors (Lipinski definition) is 0. The minimum atomic E-state index is -0.246. The molecular formula is C25H30O3. The molecular weight excluding hydrogens is 348 g/mol. The smallest absolute Gasteiger partial charge is 0.343 e. The third-order valence-electron chi connectivity index (χ3n) is 8.03. The van der Waals surface area contributed by atoms with Crippen LogP contribution in [0.4, 0.5) is 0 Å². The van der Waals surface area contributed by atoms with Crippen molar-refractivity contribution >= 4 is 11.0 Å². The fraction of sp³-hybridized carbons (Fsp3) is 0.560. The van der Waals surface area contributed by atoms with Crippen LogP contribution in [0.15, 0.2) is 45.6 Å². The molecule has 0 N–H and O–H groups in total. The van der Waals surface area contributed by atoms with E-state index in [9.17, 15) is 4.79 Å². The van der Waals surface area contributed by atoms with Gasteiger partial charge in [0.05, 0.1) is 10.9 Å². The number of hydrogen-bond acceptors (Lipinski definition) is 3. The second-order valence-corrected chi connectivity index (χ2v) is 10.2. The maximum Gasteiger partial charge on any atom is 0.343 e. The van der Waals surface area contributed by atoms with E-state index in [1.807, 2.05) is 24.3 Å². The van der Waals surface area contributed by atoms with Crippen LogP contribution in [0.25, 0.3) is 11.0 Å². The van der Waals surface area contributed by atoms with Crippen LogP contribution in [0, 0.1) is 23.2 Å². The summed E-state index contributed by atoms with van der Waals surface area (Å²) in [5, 5.41) is 0.919. The zero-order valence-corrected chi connectivity index (χ0v) is 17.2. The zero-order valence-electron chi connectivity index (χ0n) is 17.2. The molecule has 2 aromatic rings. The first kappa shape index (κ1) is 18.0. The van der Waals surface area contributed by atoms with Gasteiger partial charge in [-0.1, -0.05) is 38.1 Å². The highest BCUT2D eigenvalue weighted by molar-refractivity contribution is 5.84. The first-order chi connectivity index (χ1) is 13.3. The third-order valence-corrected chi connectivity index (χ3v) is 8.03. The lowest BCUT2D eigenvalue weighted by Gasteiger charge is -2.53. The molecule has 4 atom stereocenters. The Labute approximate surface area is 166 Å². The number of ether oxygens (including phenoxy) is 1. The van der Waals surface area contributed by atoms with Crippen molar-refractivity contribution in [2.24, 2.45) is 23.2 Å². The lowest BCUT2D eigenvalue weighted by Crippen LogP contribution is -2.48. The summed E-state index contributed by atoms with van der Waals surface area (Å²) in [5.41, 5.74) is 2.65. The van der Waals surface area contributed by atoms with Gasteiger partial charge in [-0.2, -0.15) is 0 Å². The van der Waals surface area contributed by atoms with Gasteiger partial charge in [0.25, 0.3) is 0 Å². The van der Waals surface area contributed by atoms with Gasteiger partial charge in [-0.25, -0.2) is 4.79 Å². The van der Waals surface area contributed by atoms with Crippen molar-refractivity contribution in [3.8, 4) is 5.75 Å². The fourth-order valence-corrected chi connectivity index (χ4v) is 6.15. The fourth-order valence-electron chi connectivity index (χ4n) is 6.15. The summed E-state index contributed by atoms with van der Waals surface area (Å²) in [4.78, 5) is 12.7. The molecule has 0 bridgehead atoms. The number of rotatable bonds is 0. The molecule has 5 rings (SSSR count). The van der Waals surface area contributed by atoms with Gasteiger partial charge in [0, 0.05) is 5.92 Å². The molecule has 3 aliphatic rings. The van der Waals surface area contributed by atoms with Crippen molar-refractivity contribution in [1.82, 2.24) is 0 Å². The average Bonchev–Trinajstić information content (AvgIpc) is 2.68. The molecule has 2 unspecified atom stereocenters. The van der Waals surface area contributed by atoms with Gasteiger partial charge < -0.3 is 9.15 Å². The molecule has 2 aliphatic carbocycles. The van der Waals surface area contributed by atoms with E-state index in [1.165, 1.54) is 18.4 Å². The van der Waals surface area contributed by atoms with Gasteiger partial charge in [-0.3, -0.25) is 0 Å². The molecule has 1 aliphatic heterocycles. The number of benzene rings is 1. The van der Waals surface area contributed by atoms with E-state index < -0.39 is 0 Å². The van der Waals surface area contributed by atoms with Crippen LogP contribution in [0.1, 0.15) is 58.4 Å². The molecule has 2 heterocycles. The second kappa shape index (κ2) is 5.98. The maximum absolute atomic E-state index is 12.7. The molecule has 148 valence electrons. The normalized spacial score (nSPS) is 34.0. The van der Waals surface area contributed by atoms with Gasteiger partial charge >= 0.3 is 5.63 Å². The molecule has 2 saturated carbocycles. The first-order valence-corrected chi connectivity index (χ1v) is 10.7. The van der Waals surface area contributed by atoms with Gasteiger partial charge in [0.2, 0.25) is 0 Å². The predicted molar refractivity (Wildman–Crippen MR) is 112 cm³/mol. The summed E-state index contributed by atoms with van der Waals surface area (Å²) in [6.07, 6.45) is 6.26. The zero-order chi connectivity index (χ0) is 19.7. The standard InChI is InChI=1S/C25H30O3/c1-15-9-10-16-13-18-22(17-7-5-6-8-21(17)27-23(18)26)28-25(16,4)12-11-20-19(15)14-24(20,2)3/h5-8,16,19-20H,1,9-14H2,2-4H3/t16?,19-,20-,25?/m1/s1. The van der Waals surface area contributed by atoms with E-state index in [0.717, 1.165) is 36.8 Å². The predicted octanol–water partition coefficient (Wildman–Crippen LogP) is 5.90. The van der Waals surface area contributed by atoms with Crippen LogP contribution in [-0.4, -0.2) is 5.60 Å². The molecule has 2 fully saturated rings. The molecule has 0 saturated heterocycles. The lowest BCUT2D eigenvalue weighted by atomic mass is 9.52. The van der Waals surface area contributed by atoms with Crippen LogP contribution in [0.2, 0.25) is 0 Å². The van der Waals surface area contributed by atoms with Crippen molar-refractivity contribution in [2.45, 2.75) is 64.9 Å². The quantitative estimate of drug-likeness (QED) is 0.423. The Kier molecular flexibility index (Phi) is 3.85. The number of para-hydroxylation sites is 1. The molecule has 0 radical (unpaired) electrons. The van der Waals surface area contributed by atoms with Gasteiger partial charge in [0.15, 0.2) is 0 Å². The highest BCUT2D eigenvalue weighted by Gasteiger charge is 2.51. The molecule has 0 amide bonds. The van der Waals surface area contributed by atoms with Crippen LogP contribution in [-0.2, 0) is 6.42 Å². The third kappa shape index (κ3) is 2.58. The van der Waals surface area contributed by atoms with Gasteiger partial charge in [0.1, 0.15) is 16.9 Å². The summed E-state index contributed by atoms with van der Waals surface area (Å²) in [7, 11) is 0. The Balaban J connectivity index is 1.56. The SMILES string of the molecule is C=C1CCC2Cc3c(c4ccccc4oc3=O)OC2(C)CC[C@@H]2[C@@H]1CC2(C)C. The summed E-state index contributed by atoms with van der Waals surface area (Å²) in [6, 6.07) is 7.73. The van der Waals surface area contributed by atoms with E-state index in [4.69, 9.17) is 9.15 Å². The van der Waals surface area contributed by atoms with E-state index >= 15 is 0 Å². The molecule has 3 nitrogen and oxygen atoms in total. The van der Waals surface area contributed by atoms with Crippen LogP contribution < -0.4 is 10.4 Å². The van der Waals surface area contributed by atoms with Gasteiger partial charge in [-0.15, -0.1) is 0 Å². The van der Waals surface area contributed by atoms with E-state index in [-0.39, 0.29) is 11.2 Å². The molecule has 1 aromatic carbocycles. The highest BCUT2D eigenvalue weighted by Crippen LogP contribution is 2.58. The highest BCUT2D eigenvalue weighted by atomic mass is 16.5. The van der Waals surface area contributed by atoms with Crippen LogP contribution in [0.5, 0.6) is 5.75 Å². The lowest BCUT2D eigenvalue weighted by molar-refractivity contribution is -0.0343. The average molecular weight is 379 g/mol. The van der Waals surface area contributed by atoms with Crippen molar-refractivity contribution < 1.29 is 9.15 Å². The van der Waals surface area contributed by atoms with Gasteiger partial charge in [-0.05, 0) is 74.8 Å². The molecule has 1 aromatic heterocycles. The second-order valence-electron chi connectivity index (χ2n) is 10.2. The summed E-state index contributed by atoms with van der Waals surface area (Å²) in [5.74, 6) is 2.43. The minimum Gasteiger partial charge on any atom is -0.486 e. The van der Waals surface area contributed by atoms with Crippen molar-refractivity contribution in [1.29, 1.82) is 0 Å². The maximum atomic E-state index is 12.7. The molecule has 3 heteroatoms. The summed E-state index contributed by atoms with van der Waals surface area (Å²) in [6.45, 7) is 11.5. The number of fused-ring (bicyclic) bond motifs is 5. The van der Waals surface area contributed by atoms with Crippen LogP contribution in [0.3, 0.4) is 0 Å². The van der Waals surface area contributed by atoms with Crippen molar-refractivity contribution in [2.75, 3.05) is 0 Å². The Bertz CT molecular complexity index is 1010. The Morgan fingerprint density at radius 3 is 2.71 bits per heavy atom. The monoisotopic (exact) mass is 378 g/mol. The topological polar surface area (TPSA) is 39.4 Å². The van der Waals surface area contributed by atoms with Crippen molar-refractivity contribution in [3.63, 3.8) is 0 Å². The van der Waals surface area contributed by atoms with E-state index in [1.54, 1.807) is 0 Å². The Hall–Kier alpha value is -2.03.